The second-order valence-corrected chi connectivity index (χ2v) is 5.96. The van der Waals surface area contributed by atoms with Gasteiger partial charge in [-0.1, -0.05) is 15.9 Å². The number of carbonyl (C=O) groups excluding carboxylic acids is 1. The van der Waals surface area contributed by atoms with E-state index in [2.05, 4.69) is 21.2 Å². The first-order chi connectivity index (χ1) is 9.60. The van der Waals surface area contributed by atoms with Gasteiger partial charge in [-0.25, -0.2) is 0 Å². The molecule has 1 fully saturated rings. The van der Waals surface area contributed by atoms with E-state index in [1.807, 2.05) is 25.1 Å². The van der Waals surface area contributed by atoms with E-state index < -0.39 is 0 Å². The Kier molecular flexibility index (Phi) is 5.43. The molecule has 1 aliphatic rings. The molecule has 0 aliphatic heterocycles. The maximum absolute atomic E-state index is 11.7. The highest BCUT2D eigenvalue weighted by molar-refractivity contribution is 9.10. The lowest BCUT2D eigenvalue weighted by Gasteiger charge is -2.15. The zero-order valence-corrected chi connectivity index (χ0v) is 13.6. The molecule has 0 unspecified atom stereocenters. The van der Waals surface area contributed by atoms with Crippen LogP contribution in [0.1, 0.15) is 25.3 Å². The van der Waals surface area contributed by atoms with Crippen molar-refractivity contribution >= 4 is 21.8 Å². The van der Waals surface area contributed by atoms with Crippen molar-refractivity contribution in [1.82, 2.24) is 10.2 Å². The summed E-state index contributed by atoms with van der Waals surface area (Å²) in [6.07, 6.45) is 2.54. The molecule has 110 valence electrons. The van der Waals surface area contributed by atoms with Gasteiger partial charge in [0.05, 0.1) is 0 Å². The van der Waals surface area contributed by atoms with E-state index in [4.69, 9.17) is 4.74 Å². The van der Waals surface area contributed by atoms with Gasteiger partial charge >= 0.3 is 0 Å². The molecule has 0 radical (unpaired) electrons. The van der Waals surface area contributed by atoms with Crippen LogP contribution >= 0.6 is 15.9 Å². The van der Waals surface area contributed by atoms with Gasteiger partial charge in [-0.2, -0.15) is 0 Å². The van der Waals surface area contributed by atoms with E-state index in [1.54, 1.807) is 11.9 Å². The highest BCUT2D eigenvalue weighted by Crippen LogP contribution is 2.25. The number of rotatable bonds is 7. The minimum absolute atomic E-state index is 0.00641. The van der Waals surface area contributed by atoms with Crippen molar-refractivity contribution in [2.24, 2.45) is 0 Å². The SMILES string of the molecule is CCN(C)C(=O)COc1ccc(Br)c(CNC2CC2)c1. The molecule has 1 amide bonds. The largest absolute Gasteiger partial charge is 0.484 e. The number of benzene rings is 1. The number of hydrogen-bond acceptors (Lipinski definition) is 3. The van der Waals surface area contributed by atoms with Gasteiger partial charge in [0, 0.05) is 30.7 Å². The Hall–Kier alpha value is -1.07. The minimum Gasteiger partial charge on any atom is -0.484 e. The van der Waals surface area contributed by atoms with E-state index in [1.165, 1.54) is 12.8 Å². The zero-order valence-electron chi connectivity index (χ0n) is 12.0. The van der Waals surface area contributed by atoms with Crippen LogP contribution in [0.25, 0.3) is 0 Å². The lowest BCUT2D eigenvalue weighted by atomic mass is 10.2. The summed E-state index contributed by atoms with van der Waals surface area (Å²) in [6.45, 7) is 3.55. The van der Waals surface area contributed by atoms with Crippen LogP contribution in [0.3, 0.4) is 0 Å². The first kappa shape index (κ1) is 15.3. The fourth-order valence-corrected chi connectivity index (χ4v) is 2.14. The lowest BCUT2D eigenvalue weighted by Crippen LogP contribution is -2.31. The molecule has 0 spiro atoms. The van der Waals surface area contributed by atoms with Gasteiger partial charge in [0.1, 0.15) is 5.75 Å². The van der Waals surface area contributed by atoms with Crippen molar-refractivity contribution in [3.05, 3.63) is 28.2 Å². The van der Waals surface area contributed by atoms with E-state index in [0.29, 0.717) is 12.6 Å². The van der Waals surface area contributed by atoms with Gasteiger partial charge in [-0.3, -0.25) is 4.79 Å². The van der Waals surface area contributed by atoms with Crippen LogP contribution in [0.5, 0.6) is 5.75 Å². The van der Waals surface area contributed by atoms with Crippen molar-refractivity contribution in [3.63, 3.8) is 0 Å². The summed E-state index contributed by atoms with van der Waals surface area (Å²) in [4.78, 5) is 13.3. The van der Waals surface area contributed by atoms with Crippen LogP contribution in [0.15, 0.2) is 22.7 Å². The van der Waals surface area contributed by atoms with Crippen LogP contribution in [0, 0.1) is 0 Å². The number of nitrogens with one attached hydrogen (secondary N) is 1. The molecular weight excluding hydrogens is 320 g/mol. The molecule has 1 aromatic rings. The molecule has 20 heavy (non-hydrogen) atoms. The van der Waals surface area contributed by atoms with Crippen molar-refractivity contribution in [2.75, 3.05) is 20.2 Å². The smallest absolute Gasteiger partial charge is 0.260 e. The molecule has 4 nitrogen and oxygen atoms in total. The lowest BCUT2D eigenvalue weighted by molar-refractivity contribution is -0.131. The van der Waals surface area contributed by atoms with Crippen LogP contribution in [-0.4, -0.2) is 37.0 Å². The average molecular weight is 341 g/mol. The van der Waals surface area contributed by atoms with E-state index in [-0.39, 0.29) is 12.5 Å². The maximum atomic E-state index is 11.7. The third-order valence-corrected chi connectivity index (χ3v) is 4.21. The summed E-state index contributed by atoms with van der Waals surface area (Å²) >= 11 is 3.54. The Balaban J connectivity index is 1.90. The van der Waals surface area contributed by atoms with Gasteiger partial charge < -0.3 is 15.0 Å². The topological polar surface area (TPSA) is 41.6 Å². The third-order valence-electron chi connectivity index (χ3n) is 3.44. The predicted octanol–water partition coefficient (Wildman–Crippen LogP) is 2.56. The van der Waals surface area contributed by atoms with Gasteiger partial charge in [-0.15, -0.1) is 0 Å². The first-order valence-corrected chi connectivity index (χ1v) is 7.78. The van der Waals surface area contributed by atoms with Crippen LogP contribution in [-0.2, 0) is 11.3 Å². The second-order valence-electron chi connectivity index (χ2n) is 5.10. The molecule has 1 aliphatic carbocycles. The summed E-state index contributed by atoms with van der Waals surface area (Å²) < 4.78 is 6.63. The summed E-state index contributed by atoms with van der Waals surface area (Å²) in [6, 6.07) is 6.50. The summed E-state index contributed by atoms with van der Waals surface area (Å²) in [5.74, 6) is 0.728. The molecule has 1 N–H and O–H groups in total. The standard InChI is InChI=1S/C15H21BrN2O2/c1-3-18(2)15(19)10-20-13-6-7-14(16)11(8-13)9-17-12-4-5-12/h6-8,12,17H,3-5,9-10H2,1-2H3. The third kappa shape index (κ3) is 4.49. The molecule has 1 aromatic carbocycles. The van der Waals surface area contributed by atoms with E-state index in [0.717, 1.165) is 22.3 Å². The number of amides is 1. The second kappa shape index (κ2) is 7.09. The monoisotopic (exact) mass is 340 g/mol. The molecule has 0 heterocycles. The number of hydrogen-bond donors (Lipinski definition) is 1. The fourth-order valence-electron chi connectivity index (χ4n) is 1.75. The minimum atomic E-state index is -0.00641. The number of halogens is 1. The van der Waals surface area contributed by atoms with Crippen LogP contribution < -0.4 is 10.1 Å². The van der Waals surface area contributed by atoms with Crippen molar-refractivity contribution in [2.45, 2.75) is 32.4 Å². The number of carbonyl (C=O) groups is 1. The van der Waals surface area contributed by atoms with E-state index >= 15 is 0 Å². The maximum Gasteiger partial charge on any atom is 0.260 e. The molecule has 0 saturated heterocycles. The Labute approximate surface area is 128 Å². The molecule has 0 bridgehead atoms. The molecule has 0 atom stereocenters. The van der Waals surface area contributed by atoms with Gasteiger partial charge in [0.15, 0.2) is 6.61 Å². The Morgan fingerprint density at radius 3 is 2.90 bits per heavy atom. The van der Waals surface area contributed by atoms with E-state index in [9.17, 15) is 4.79 Å². The van der Waals surface area contributed by atoms with Gasteiger partial charge in [-0.05, 0) is 43.5 Å². The van der Waals surface area contributed by atoms with Gasteiger partial charge in [0.25, 0.3) is 5.91 Å². The number of ether oxygens (including phenoxy) is 1. The Morgan fingerprint density at radius 2 is 2.25 bits per heavy atom. The van der Waals surface area contributed by atoms with Crippen molar-refractivity contribution < 1.29 is 9.53 Å². The highest BCUT2D eigenvalue weighted by atomic mass is 79.9. The summed E-state index contributed by atoms with van der Waals surface area (Å²) in [5.41, 5.74) is 1.16. The molecule has 5 heteroatoms. The zero-order chi connectivity index (χ0) is 14.5. The first-order valence-electron chi connectivity index (χ1n) is 6.98. The number of nitrogens with zero attached hydrogens (tertiary/aromatic N) is 1. The molecule has 0 aromatic heterocycles. The highest BCUT2D eigenvalue weighted by Gasteiger charge is 2.20. The number of likely N-dealkylation sites (N-methyl/N-ethyl adjacent to an activating group) is 1. The van der Waals surface area contributed by atoms with Gasteiger partial charge in [0.2, 0.25) is 0 Å². The summed E-state index contributed by atoms with van der Waals surface area (Å²) in [5, 5.41) is 3.47. The van der Waals surface area contributed by atoms with Crippen LogP contribution in [0.2, 0.25) is 0 Å². The molecular formula is C15H21BrN2O2. The Morgan fingerprint density at radius 1 is 1.50 bits per heavy atom. The quantitative estimate of drug-likeness (QED) is 0.829. The normalized spacial score (nSPS) is 14.2. The summed E-state index contributed by atoms with van der Waals surface area (Å²) in [7, 11) is 1.78. The average Bonchev–Trinajstić information content (AvgIpc) is 3.27. The van der Waals surface area contributed by atoms with Crippen molar-refractivity contribution in [1.29, 1.82) is 0 Å². The predicted molar refractivity (Wildman–Crippen MR) is 82.8 cm³/mol. The van der Waals surface area contributed by atoms with Crippen molar-refractivity contribution in [3.8, 4) is 5.75 Å². The van der Waals surface area contributed by atoms with Crippen LogP contribution in [0.4, 0.5) is 0 Å². The fraction of sp³-hybridized carbons (Fsp3) is 0.533. The molecule has 2 rings (SSSR count). The Bertz CT molecular complexity index is 475. The molecule has 1 saturated carbocycles.